The first-order chi connectivity index (χ1) is 10.1. The topological polar surface area (TPSA) is 58.6 Å². The number of hydrogen-bond acceptors (Lipinski definition) is 3. The van der Waals surface area contributed by atoms with Gasteiger partial charge in [-0.1, -0.05) is 23.8 Å². The van der Waals surface area contributed by atoms with Gasteiger partial charge in [0.05, 0.1) is 13.5 Å². The fraction of sp³-hybridized carbons (Fsp3) is 0.235. The summed E-state index contributed by atoms with van der Waals surface area (Å²) in [4.78, 5) is 11.4. The van der Waals surface area contributed by atoms with E-state index in [1.54, 1.807) is 7.11 Å². The van der Waals surface area contributed by atoms with Crippen LogP contribution in [-0.2, 0) is 11.2 Å². The Balaban J connectivity index is 1.99. The zero-order valence-electron chi connectivity index (χ0n) is 12.0. The molecule has 21 heavy (non-hydrogen) atoms. The average molecular weight is 283 g/mol. The standard InChI is InChI=1S/C17H17NO3/c1-10-3-6-15(21-2)13(7-10)17(20)11-4-5-14-12(8-11)9-16(19)18-14/h3-8,17,20H,9H2,1-2H3,(H,18,19). The van der Waals surface area contributed by atoms with Crippen LogP contribution >= 0.6 is 0 Å². The number of ether oxygens (including phenoxy) is 1. The predicted octanol–water partition coefficient (Wildman–Crippen LogP) is 2.58. The number of aliphatic hydroxyl groups is 1. The van der Waals surface area contributed by atoms with E-state index in [1.165, 1.54) is 0 Å². The van der Waals surface area contributed by atoms with Gasteiger partial charge in [-0.05, 0) is 36.2 Å². The zero-order valence-corrected chi connectivity index (χ0v) is 12.0. The molecule has 0 saturated heterocycles. The number of anilines is 1. The summed E-state index contributed by atoms with van der Waals surface area (Å²) in [6.07, 6.45) is -0.415. The Morgan fingerprint density at radius 2 is 2.05 bits per heavy atom. The molecule has 1 atom stereocenters. The first kappa shape index (κ1) is 13.6. The van der Waals surface area contributed by atoms with Crippen molar-refractivity contribution in [1.29, 1.82) is 0 Å². The van der Waals surface area contributed by atoms with Gasteiger partial charge in [-0.3, -0.25) is 4.79 Å². The van der Waals surface area contributed by atoms with E-state index in [2.05, 4.69) is 5.32 Å². The lowest BCUT2D eigenvalue weighted by Gasteiger charge is -2.16. The number of aryl methyl sites for hydroxylation is 1. The van der Waals surface area contributed by atoms with Gasteiger partial charge in [0.2, 0.25) is 5.91 Å². The lowest BCUT2D eigenvalue weighted by atomic mass is 9.97. The smallest absolute Gasteiger partial charge is 0.228 e. The third-order valence-electron chi connectivity index (χ3n) is 3.75. The van der Waals surface area contributed by atoms with Crippen LogP contribution in [0.5, 0.6) is 5.75 Å². The molecule has 3 rings (SSSR count). The second-order valence-electron chi connectivity index (χ2n) is 5.29. The van der Waals surface area contributed by atoms with E-state index in [-0.39, 0.29) is 5.91 Å². The van der Waals surface area contributed by atoms with Crippen LogP contribution in [0.25, 0.3) is 0 Å². The minimum absolute atomic E-state index is 0.00947. The molecule has 0 spiro atoms. The molecule has 0 aromatic heterocycles. The third kappa shape index (κ3) is 2.50. The number of methoxy groups -OCH3 is 1. The van der Waals surface area contributed by atoms with Gasteiger partial charge in [-0.2, -0.15) is 0 Å². The van der Waals surface area contributed by atoms with Crippen molar-refractivity contribution in [2.24, 2.45) is 0 Å². The molecule has 4 nitrogen and oxygen atoms in total. The molecule has 1 aliphatic heterocycles. The maximum absolute atomic E-state index is 11.4. The number of rotatable bonds is 3. The van der Waals surface area contributed by atoms with Gasteiger partial charge in [0.1, 0.15) is 11.9 Å². The van der Waals surface area contributed by atoms with Crippen molar-refractivity contribution in [2.45, 2.75) is 19.4 Å². The van der Waals surface area contributed by atoms with Crippen molar-refractivity contribution in [2.75, 3.05) is 12.4 Å². The third-order valence-corrected chi connectivity index (χ3v) is 3.75. The second kappa shape index (κ2) is 5.22. The number of carbonyl (C=O) groups excluding carboxylic acids is 1. The number of benzene rings is 2. The van der Waals surface area contributed by atoms with E-state index in [4.69, 9.17) is 4.74 Å². The monoisotopic (exact) mass is 283 g/mol. The van der Waals surface area contributed by atoms with Gasteiger partial charge < -0.3 is 15.2 Å². The summed E-state index contributed by atoms with van der Waals surface area (Å²) >= 11 is 0. The second-order valence-corrected chi connectivity index (χ2v) is 5.29. The Morgan fingerprint density at radius 1 is 1.24 bits per heavy atom. The molecule has 1 amide bonds. The maximum atomic E-state index is 11.4. The van der Waals surface area contributed by atoms with Crippen molar-refractivity contribution >= 4 is 11.6 Å². The van der Waals surface area contributed by atoms with E-state index in [1.807, 2.05) is 43.3 Å². The molecular formula is C17H17NO3. The summed E-state index contributed by atoms with van der Waals surface area (Å²) in [5, 5.41) is 13.4. The van der Waals surface area contributed by atoms with Crippen molar-refractivity contribution in [3.63, 3.8) is 0 Å². The van der Waals surface area contributed by atoms with Crippen LogP contribution in [0.1, 0.15) is 28.4 Å². The van der Waals surface area contributed by atoms with E-state index in [9.17, 15) is 9.90 Å². The molecule has 0 aliphatic carbocycles. The Hall–Kier alpha value is -2.33. The molecule has 2 aromatic carbocycles. The number of aliphatic hydroxyl groups excluding tert-OH is 1. The van der Waals surface area contributed by atoms with Gasteiger partial charge >= 0.3 is 0 Å². The summed E-state index contributed by atoms with van der Waals surface area (Å²) in [6, 6.07) is 11.3. The number of carbonyl (C=O) groups is 1. The SMILES string of the molecule is COc1ccc(C)cc1C(O)c1ccc2c(c1)CC(=O)N2. The molecule has 0 fully saturated rings. The van der Waals surface area contributed by atoms with Crippen LogP contribution in [0.3, 0.4) is 0 Å². The first-order valence-electron chi connectivity index (χ1n) is 6.84. The Morgan fingerprint density at radius 3 is 2.81 bits per heavy atom. The van der Waals surface area contributed by atoms with E-state index < -0.39 is 6.10 Å². The van der Waals surface area contributed by atoms with Crippen LogP contribution < -0.4 is 10.1 Å². The van der Waals surface area contributed by atoms with Crippen molar-refractivity contribution in [3.8, 4) is 5.75 Å². The number of nitrogens with one attached hydrogen (secondary N) is 1. The van der Waals surface area contributed by atoms with E-state index >= 15 is 0 Å². The van der Waals surface area contributed by atoms with Gasteiger partial charge in [-0.25, -0.2) is 0 Å². The maximum Gasteiger partial charge on any atom is 0.228 e. The normalized spacial score (nSPS) is 14.5. The van der Waals surface area contributed by atoms with Gasteiger partial charge in [0, 0.05) is 11.3 Å². The highest BCUT2D eigenvalue weighted by molar-refractivity contribution is 5.99. The molecule has 1 unspecified atom stereocenters. The molecular weight excluding hydrogens is 266 g/mol. The summed E-state index contributed by atoms with van der Waals surface area (Å²) in [5.74, 6) is 0.646. The Labute approximate surface area is 123 Å². The number of hydrogen-bond donors (Lipinski definition) is 2. The van der Waals surface area contributed by atoms with Crippen molar-refractivity contribution in [3.05, 3.63) is 58.7 Å². The number of amides is 1. The molecule has 0 radical (unpaired) electrons. The molecule has 2 N–H and O–H groups in total. The molecule has 1 aliphatic rings. The fourth-order valence-corrected chi connectivity index (χ4v) is 2.67. The van der Waals surface area contributed by atoms with E-state index in [0.29, 0.717) is 12.2 Å². The average Bonchev–Trinajstić information content (AvgIpc) is 2.85. The molecule has 2 aromatic rings. The van der Waals surface area contributed by atoms with Gasteiger partial charge in [0.25, 0.3) is 0 Å². The summed E-state index contributed by atoms with van der Waals surface area (Å²) in [7, 11) is 1.59. The van der Waals surface area contributed by atoms with Crippen LogP contribution in [0, 0.1) is 6.92 Å². The highest BCUT2D eigenvalue weighted by atomic mass is 16.5. The lowest BCUT2D eigenvalue weighted by molar-refractivity contribution is -0.115. The van der Waals surface area contributed by atoms with Crippen LogP contribution in [0.2, 0.25) is 0 Å². The summed E-state index contributed by atoms with van der Waals surface area (Å²) in [6.45, 7) is 1.97. The van der Waals surface area contributed by atoms with Gasteiger partial charge in [0.15, 0.2) is 0 Å². The predicted molar refractivity (Wildman–Crippen MR) is 80.6 cm³/mol. The quantitative estimate of drug-likeness (QED) is 0.910. The summed E-state index contributed by atoms with van der Waals surface area (Å²) in [5.41, 5.74) is 4.29. The molecule has 0 bridgehead atoms. The number of fused-ring (bicyclic) bond motifs is 1. The minimum atomic E-state index is -0.777. The molecule has 4 heteroatoms. The van der Waals surface area contributed by atoms with Gasteiger partial charge in [-0.15, -0.1) is 0 Å². The van der Waals surface area contributed by atoms with Crippen LogP contribution in [-0.4, -0.2) is 18.1 Å². The Bertz CT molecular complexity index is 709. The minimum Gasteiger partial charge on any atom is -0.496 e. The highest BCUT2D eigenvalue weighted by Crippen LogP contribution is 2.33. The van der Waals surface area contributed by atoms with E-state index in [0.717, 1.165) is 27.9 Å². The van der Waals surface area contributed by atoms with Crippen molar-refractivity contribution in [1.82, 2.24) is 0 Å². The summed E-state index contributed by atoms with van der Waals surface area (Å²) < 4.78 is 5.33. The first-order valence-corrected chi connectivity index (χ1v) is 6.84. The molecule has 108 valence electrons. The highest BCUT2D eigenvalue weighted by Gasteiger charge is 2.21. The zero-order chi connectivity index (χ0) is 15.0. The largest absolute Gasteiger partial charge is 0.496 e. The lowest BCUT2D eigenvalue weighted by Crippen LogP contribution is -2.03. The fourth-order valence-electron chi connectivity index (χ4n) is 2.67. The van der Waals surface area contributed by atoms with Crippen LogP contribution in [0.4, 0.5) is 5.69 Å². The van der Waals surface area contributed by atoms with Crippen molar-refractivity contribution < 1.29 is 14.6 Å². The molecule has 0 saturated carbocycles. The molecule has 1 heterocycles. The van der Waals surface area contributed by atoms with Crippen LogP contribution in [0.15, 0.2) is 36.4 Å². The Kier molecular flexibility index (Phi) is 3.39.